The number of nitrogens with one attached hydrogen (secondary N) is 1. The number of halogens is 4. The van der Waals surface area contributed by atoms with Gasteiger partial charge in [0.2, 0.25) is 5.92 Å². The number of benzene rings is 1. The summed E-state index contributed by atoms with van der Waals surface area (Å²) in [5.74, 6) is -3.69. The lowest BCUT2D eigenvalue weighted by Gasteiger charge is -2.39. The van der Waals surface area contributed by atoms with Crippen LogP contribution in [0.15, 0.2) is 47.5 Å². The van der Waals surface area contributed by atoms with Crippen LogP contribution in [0.5, 0.6) is 0 Å². The lowest BCUT2D eigenvalue weighted by molar-refractivity contribution is -0.133. The number of hydrogen-bond donors (Lipinski definition) is 2. The molecular formula is C24H33Cl2F2N3O5S. The summed E-state index contributed by atoms with van der Waals surface area (Å²) in [4.78, 5) is 18.9. The van der Waals surface area contributed by atoms with Crippen molar-refractivity contribution in [2.75, 3.05) is 33.4 Å². The highest BCUT2D eigenvalue weighted by Crippen LogP contribution is 2.36. The van der Waals surface area contributed by atoms with Crippen LogP contribution in [0.25, 0.3) is 11.3 Å². The third-order valence-corrected chi connectivity index (χ3v) is 8.96. The fourth-order valence-electron chi connectivity index (χ4n) is 4.22. The van der Waals surface area contributed by atoms with Gasteiger partial charge in [-0.25, -0.2) is 22.7 Å². The molecule has 0 atom stereocenters. The van der Waals surface area contributed by atoms with Gasteiger partial charge in [0.25, 0.3) is 5.91 Å². The van der Waals surface area contributed by atoms with Crippen molar-refractivity contribution in [2.24, 2.45) is 0 Å². The zero-order valence-electron chi connectivity index (χ0n) is 20.7. The smallest absolute Gasteiger partial charge is 0.265 e. The van der Waals surface area contributed by atoms with Crippen LogP contribution < -0.4 is 5.48 Å². The number of nitrogens with zero attached hydrogens (tertiary/aromatic N) is 2. The van der Waals surface area contributed by atoms with Crippen LogP contribution in [0.4, 0.5) is 8.78 Å². The van der Waals surface area contributed by atoms with Crippen LogP contribution in [0, 0.1) is 0 Å². The number of aryl methyl sites for hydroxylation is 1. The van der Waals surface area contributed by atoms with Crippen LogP contribution in [0.2, 0.25) is 0 Å². The van der Waals surface area contributed by atoms with Crippen molar-refractivity contribution in [2.45, 2.75) is 48.2 Å². The number of aromatic nitrogens is 1. The summed E-state index contributed by atoms with van der Waals surface area (Å²) >= 11 is 0. The summed E-state index contributed by atoms with van der Waals surface area (Å²) < 4.78 is 56.6. The second-order valence-corrected chi connectivity index (χ2v) is 11.2. The van der Waals surface area contributed by atoms with E-state index in [1.807, 2.05) is 4.90 Å². The maximum atomic E-state index is 13.6. The molecule has 3 rings (SSSR count). The maximum absolute atomic E-state index is 13.6. The fourth-order valence-corrected chi connectivity index (χ4v) is 6.17. The van der Waals surface area contributed by atoms with Gasteiger partial charge < -0.3 is 9.64 Å². The number of carbonyl (C=O) groups excluding carboxylic acids is 1. The summed E-state index contributed by atoms with van der Waals surface area (Å²) in [7, 11) is -2.54. The van der Waals surface area contributed by atoms with E-state index < -0.39 is 26.4 Å². The highest BCUT2D eigenvalue weighted by Gasteiger charge is 2.52. The molecule has 2 aromatic rings. The van der Waals surface area contributed by atoms with Gasteiger partial charge in [0.15, 0.2) is 14.6 Å². The Labute approximate surface area is 228 Å². The van der Waals surface area contributed by atoms with Gasteiger partial charge >= 0.3 is 0 Å². The maximum Gasteiger partial charge on any atom is 0.265 e. The molecule has 0 aliphatic carbocycles. The predicted molar refractivity (Wildman–Crippen MR) is 141 cm³/mol. The van der Waals surface area contributed by atoms with Crippen LogP contribution in [-0.2, 0) is 25.8 Å². The van der Waals surface area contributed by atoms with E-state index in [1.165, 1.54) is 18.3 Å². The van der Waals surface area contributed by atoms with Gasteiger partial charge in [0.1, 0.15) is 0 Å². The van der Waals surface area contributed by atoms with Gasteiger partial charge in [-0.15, -0.1) is 24.8 Å². The third kappa shape index (κ3) is 7.81. The Bertz CT molecular complexity index is 1110. The minimum absolute atomic E-state index is 0. The number of likely N-dealkylation sites (tertiary alicyclic amines) is 1. The Balaban J connectivity index is 0.00000342. The van der Waals surface area contributed by atoms with Gasteiger partial charge in [-0.2, -0.15) is 0 Å². The van der Waals surface area contributed by atoms with Gasteiger partial charge in [-0.1, -0.05) is 18.2 Å². The van der Waals surface area contributed by atoms with Crippen molar-refractivity contribution < 1.29 is 31.9 Å². The number of piperidine rings is 1. The van der Waals surface area contributed by atoms with E-state index in [1.54, 1.807) is 36.9 Å². The molecule has 208 valence electrons. The summed E-state index contributed by atoms with van der Waals surface area (Å²) in [6, 6.07) is 9.43. The van der Waals surface area contributed by atoms with Crippen LogP contribution in [-0.4, -0.2) is 73.4 Å². The van der Waals surface area contributed by atoms with E-state index in [0.29, 0.717) is 43.1 Å². The number of hydrogen-bond acceptors (Lipinski definition) is 7. The monoisotopic (exact) mass is 583 g/mol. The molecule has 13 heteroatoms. The van der Waals surface area contributed by atoms with Gasteiger partial charge in [0.05, 0.1) is 17.2 Å². The first-order chi connectivity index (χ1) is 16.5. The van der Waals surface area contributed by atoms with E-state index in [0.717, 1.165) is 6.92 Å². The summed E-state index contributed by atoms with van der Waals surface area (Å²) in [6.45, 7) is 2.73. The summed E-state index contributed by atoms with van der Waals surface area (Å²) in [5.41, 5.74) is 3.45. The molecule has 1 aliphatic rings. The molecule has 0 spiro atoms. The number of rotatable bonds is 10. The molecule has 0 unspecified atom stereocenters. The Kier molecular flexibility index (Phi) is 12.3. The molecule has 0 radical (unpaired) electrons. The fraction of sp³-hybridized carbons (Fsp3) is 0.500. The number of alkyl halides is 2. The molecular weight excluding hydrogens is 551 g/mol. The summed E-state index contributed by atoms with van der Waals surface area (Å²) in [6.07, 6.45) is 1.53. The predicted octanol–water partition coefficient (Wildman–Crippen LogP) is 3.94. The lowest BCUT2D eigenvalue weighted by atomic mass is 9.95. The number of carbonyl (C=O) groups is 1. The van der Waals surface area contributed by atoms with E-state index in [-0.39, 0.29) is 55.4 Å². The number of pyridine rings is 1. The Morgan fingerprint density at radius 3 is 2.27 bits per heavy atom. The molecule has 37 heavy (non-hydrogen) atoms. The van der Waals surface area contributed by atoms with Crippen LogP contribution >= 0.6 is 24.8 Å². The van der Waals surface area contributed by atoms with E-state index >= 15 is 0 Å². The third-order valence-electron chi connectivity index (χ3n) is 6.44. The van der Waals surface area contributed by atoms with Gasteiger partial charge in [-0.3, -0.25) is 15.0 Å². The molecule has 1 amide bonds. The van der Waals surface area contributed by atoms with Crippen molar-refractivity contribution in [1.82, 2.24) is 15.4 Å². The number of hydroxylamine groups is 1. The quantitative estimate of drug-likeness (QED) is 0.322. The summed E-state index contributed by atoms with van der Waals surface area (Å²) in [5, 5.41) is 9.32. The van der Waals surface area contributed by atoms with E-state index in [9.17, 15) is 27.2 Å². The van der Waals surface area contributed by atoms with Crippen molar-refractivity contribution in [1.29, 1.82) is 0 Å². The standard InChI is InChI=1S/C24H31F2N3O5S.2ClH/c1-23(25,26)10-9-18-3-8-21(27-17-18)19-4-6-20(7-5-19)35(32,33)24(22(30)28-31)11-13-29(14-12-24)15-16-34-2;;/h3-8,17,31H,9-16H2,1-2H3,(H,28,30);2*1H. The highest BCUT2D eigenvalue weighted by atomic mass is 35.5. The second kappa shape index (κ2) is 13.8. The first-order valence-corrected chi connectivity index (χ1v) is 12.8. The number of sulfone groups is 1. The highest BCUT2D eigenvalue weighted by molar-refractivity contribution is 7.93. The molecule has 2 N–H and O–H groups in total. The normalized spacial score (nSPS) is 15.8. The Hall–Kier alpha value is -1.89. The lowest BCUT2D eigenvalue weighted by Crippen LogP contribution is -2.58. The zero-order chi connectivity index (χ0) is 25.7. The molecule has 8 nitrogen and oxygen atoms in total. The molecule has 1 fully saturated rings. The van der Waals surface area contributed by atoms with E-state index in [4.69, 9.17) is 4.74 Å². The first-order valence-electron chi connectivity index (χ1n) is 11.4. The topological polar surface area (TPSA) is 109 Å². The molecule has 0 saturated carbocycles. The molecule has 2 heterocycles. The molecule has 1 saturated heterocycles. The zero-order valence-corrected chi connectivity index (χ0v) is 23.1. The van der Waals surface area contributed by atoms with Crippen molar-refractivity contribution in [3.05, 3.63) is 48.2 Å². The van der Waals surface area contributed by atoms with Gasteiger partial charge in [0, 0.05) is 44.9 Å². The SMILES string of the molecule is COCCN1CCC(C(=O)NO)(S(=O)(=O)c2ccc(-c3ccc(CCC(C)(F)F)cn3)cc2)CC1.Cl.Cl. The van der Waals surface area contributed by atoms with Gasteiger partial charge in [-0.05, 0) is 49.9 Å². The average Bonchev–Trinajstić information content (AvgIpc) is 2.86. The first kappa shape index (κ1) is 33.1. The minimum atomic E-state index is -4.13. The largest absolute Gasteiger partial charge is 0.383 e. The van der Waals surface area contributed by atoms with E-state index in [2.05, 4.69) is 4.98 Å². The van der Waals surface area contributed by atoms with Crippen molar-refractivity contribution in [3.8, 4) is 11.3 Å². The molecule has 1 aliphatic heterocycles. The Morgan fingerprint density at radius 2 is 1.78 bits per heavy atom. The van der Waals surface area contributed by atoms with Crippen molar-refractivity contribution >= 4 is 40.6 Å². The van der Waals surface area contributed by atoms with Crippen LogP contribution in [0.1, 0.15) is 31.7 Å². The number of amides is 1. The minimum Gasteiger partial charge on any atom is -0.383 e. The van der Waals surface area contributed by atoms with Crippen LogP contribution in [0.3, 0.4) is 0 Å². The second-order valence-electron chi connectivity index (χ2n) is 8.92. The molecule has 1 aromatic carbocycles. The Morgan fingerprint density at radius 1 is 1.16 bits per heavy atom. The number of ether oxygens (including phenoxy) is 1. The van der Waals surface area contributed by atoms with Crippen molar-refractivity contribution in [3.63, 3.8) is 0 Å². The molecule has 1 aromatic heterocycles. The molecule has 0 bridgehead atoms. The average molecular weight is 585 g/mol. The number of methoxy groups -OCH3 is 1.